The smallest absolute Gasteiger partial charge is 0.310 e. The van der Waals surface area contributed by atoms with Gasteiger partial charge in [-0.3, -0.25) is 9.59 Å². The maximum absolute atomic E-state index is 14.4. The summed E-state index contributed by atoms with van der Waals surface area (Å²) in [6, 6.07) is -0.568. The summed E-state index contributed by atoms with van der Waals surface area (Å²) < 4.78 is 12.6. The number of nitrogens with two attached hydrogens (primary N) is 1. The van der Waals surface area contributed by atoms with Gasteiger partial charge in [-0.2, -0.15) is 0 Å². The van der Waals surface area contributed by atoms with Gasteiger partial charge in [-0.1, -0.05) is 58.6 Å². The molecule has 6 fully saturated rings. The van der Waals surface area contributed by atoms with Crippen LogP contribution in [-0.4, -0.2) is 139 Å². The molecule has 4 saturated carbocycles. The van der Waals surface area contributed by atoms with Gasteiger partial charge in [0.1, 0.15) is 18.3 Å². The highest BCUT2D eigenvalue weighted by molar-refractivity contribution is 5.82. The SMILES string of the molecule is CC[C@H]1C[C@@]2(C(=O)O)CC[C@](C)(CO)C[C@H]2C2=CC[C@@H]3[C@@]4(C)[C@@H]5[C@@H](O)[C@@H](O[C@@H]6OC[C@@H](O)[C@H](O)[C@H]6O)[C@@](C)(CO)[C@H]4CC[C@@]3(C)[C@@]21CCC#C[C@@H]5[C@H]1[C@@H]([C@H](CCCN)c2cnc[nH]2)NC(=O)[C@H]1CO. The summed E-state index contributed by atoms with van der Waals surface area (Å²) in [5, 5.41) is 95.1. The number of nitrogens with one attached hydrogen (secondary N) is 2. The lowest BCUT2D eigenvalue weighted by Crippen LogP contribution is -2.74. The minimum atomic E-state index is -1.67. The number of carboxylic acids is 1. The van der Waals surface area contributed by atoms with Crippen molar-refractivity contribution in [2.24, 2.45) is 85.6 Å². The molecule has 0 radical (unpaired) electrons. The van der Waals surface area contributed by atoms with Crippen LogP contribution in [0.25, 0.3) is 0 Å². The first kappa shape index (κ1) is 51.0. The molecule has 16 heteroatoms. The third kappa shape index (κ3) is 7.31. The molecule has 384 valence electrons. The van der Waals surface area contributed by atoms with E-state index >= 15 is 0 Å². The van der Waals surface area contributed by atoms with Gasteiger partial charge >= 0.3 is 5.97 Å². The summed E-state index contributed by atoms with van der Waals surface area (Å²) in [7, 11) is 0. The number of carbonyl (C=O) groups excluding carboxylic acids is 1. The van der Waals surface area contributed by atoms with Gasteiger partial charge in [-0.15, -0.1) is 5.92 Å². The zero-order valence-corrected chi connectivity index (χ0v) is 41.2. The number of carbonyl (C=O) groups is 2. The molecule has 9 rings (SSSR count). The molecule has 1 spiro atoms. The number of hydrogen-bond donors (Lipinski definition) is 11. The number of hydrogen-bond acceptors (Lipinski definition) is 13. The summed E-state index contributed by atoms with van der Waals surface area (Å²) in [5.41, 5.74) is 3.69. The third-order valence-corrected chi connectivity index (χ3v) is 21.3. The number of carboxylic acid groups (broad SMARTS) is 1. The van der Waals surface area contributed by atoms with Crippen LogP contribution in [0.15, 0.2) is 24.2 Å². The van der Waals surface area contributed by atoms with Gasteiger partial charge in [0.2, 0.25) is 5.91 Å². The van der Waals surface area contributed by atoms with Crippen LogP contribution in [0.2, 0.25) is 0 Å². The second-order valence-electron chi connectivity index (χ2n) is 24.1. The number of nitrogens with zero attached hydrogens (tertiary/aromatic N) is 1. The highest BCUT2D eigenvalue weighted by Crippen LogP contribution is 2.80. The number of aliphatic carboxylic acids is 1. The molecule has 0 unspecified atom stereocenters. The Kier molecular flexibility index (Phi) is 13.7. The second kappa shape index (κ2) is 18.5. The summed E-state index contributed by atoms with van der Waals surface area (Å²) in [6.45, 7) is 10.0. The normalized spacial score (nSPS) is 49.6. The highest BCUT2D eigenvalue weighted by atomic mass is 16.7. The van der Waals surface area contributed by atoms with Crippen molar-refractivity contribution in [2.75, 3.05) is 33.0 Å². The molecule has 1 amide bonds. The lowest BCUT2D eigenvalue weighted by atomic mass is 9.29. The van der Waals surface area contributed by atoms with E-state index in [9.17, 15) is 50.4 Å². The zero-order valence-electron chi connectivity index (χ0n) is 41.2. The van der Waals surface area contributed by atoms with E-state index in [0.717, 1.165) is 18.5 Å². The number of rotatable bonds is 13. The van der Waals surface area contributed by atoms with Crippen LogP contribution >= 0.6 is 0 Å². The average Bonchev–Trinajstić information content (AvgIpc) is 3.98. The Labute approximate surface area is 406 Å². The van der Waals surface area contributed by atoms with Gasteiger partial charge in [0.15, 0.2) is 6.29 Å². The zero-order chi connectivity index (χ0) is 49.6. The van der Waals surface area contributed by atoms with E-state index in [-0.39, 0.29) is 48.7 Å². The Bertz CT molecular complexity index is 2170. The maximum atomic E-state index is 14.4. The maximum Gasteiger partial charge on any atom is 0.310 e. The van der Waals surface area contributed by atoms with Crippen LogP contribution in [-0.2, 0) is 19.1 Å². The Morgan fingerprint density at radius 1 is 1.01 bits per heavy atom. The van der Waals surface area contributed by atoms with Gasteiger partial charge in [0, 0.05) is 65.5 Å². The van der Waals surface area contributed by atoms with Crippen molar-refractivity contribution in [1.29, 1.82) is 0 Å². The summed E-state index contributed by atoms with van der Waals surface area (Å²) in [6.07, 6.45) is 4.19. The fraction of sp³-hybridized carbons (Fsp3) is 0.830. The molecule has 0 aromatic carbocycles. The Morgan fingerprint density at radius 2 is 1.78 bits per heavy atom. The van der Waals surface area contributed by atoms with E-state index in [1.54, 1.807) is 12.5 Å². The molecule has 8 aliphatic rings. The number of aliphatic hydroxyl groups is 7. The molecule has 1 aromatic heterocycles. The second-order valence-corrected chi connectivity index (χ2v) is 24.1. The van der Waals surface area contributed by atoms with E-state index in [4.69, 9.17) is 15.2 Å². The first-order chi connectivity index (χ1) is 32.8. The number of H-pyrrole nitrogens is 1. The van der Waals surface area contributed by atoms with Crippen molar-refractivity contribution >= 4 is 11.9 Å². The number of aromatic nitrogens is 2. The molecule has 3 heterocycles. The monoisotopic (exact) mass is 965 g/mol. The predicted molar refractivity (Wildman–Crippen MR) is 252 cm³/mol. The van der Waals surface area contributed by atoms with Gasteiger partial charge in [0.05, 0.1) is 49.7 Å². The molecule has 16 nitrogen and oxygen atoms in total. The van der Waals surface area contributed by atoms with Crippen LogP contribution in [0.4, 0.5) is 0 Å². The van der Waals surface area contributed by atoms with Crippen LogP contribution in [0.5, 0.6) is 0 Å². The van der Waals surface area contributed by atoms with Crippen LogP contribution in [0.3, 0.4) is 0 Å². The predicted octanol–water partition coefficient (Wildman–Crippen LogP) is 2.84. The minimum Gasteiger partial charge on any atom is -0.481 e. The average molecular weight is 965 g/mol. The molecule has 4 bridgehead atoms. The number of aromatic amines is 1. The fourth-order valence-electron chi connectivity index (χ4n) is 18.0. The van der Waals surface area contributed by atoms with Crippen molar-refractivity contribution in [3.63, 3.8) is 0 Å². The molecule has 2 saturated heterocycles. The number of aliphatic hydroxyl groups excluding tert-OH is 7. The van der Waals surface area contributed by atoms with Gasteiger partial charge in [0.25, 0.3) is 0 Å². The Hall–Kier alpha value is -2.95. The van der Waals surface area contributed by atoms with Gasteiger partial charge < -0.3 is 66.4 Å². The molecule has 69 heavy (non-hydrogen) atoms. The quantitative estimate of drug-likeness (QED) is 0.0771. The van der Waals surface area contributed by atoms with Crippen molar-refractivity contribution in [1.82, 2.24) is 15.3 Å². The molecular formula is C53H80N4O12. The van der Waals surface area contributed by atoms with Crippen LogP contribution in [0.1, 0.15) is 123 Å². The van der Waals surface area contributed by atoms with Crippen LogP contribution < -0.4 is 11.1 Å². The first-order valence-corrected chi connectivity index (χ1v) is 26.0. The number of imidazole rings is 1. The molecule has 2 aliphatic heterocycles. The summed E-state index contributed by atoms with van der Waals surface area (Å²) in [4.78, 5) is 35.9. The van der Waals surface area contributed by atoms with Gasteiger partial charge in [-0.05, 0) is 111 Å². The number of allylic oxidation sites excluding steroid dienone is 2. The van der Waals surface area contributed by atoms with E-state index in [1.165, 1.54) is 5.57 Å². The topological polar surface area (TPSA) is 281 Å². The summed E-state index contributed by atoms with van der Waals surface area (Å²) >= 11 is 0. The first-order valence-electron chi connectivity index (χ1n) is 26.0. The molecule has 22 atom stereocenters. The Morgan fingerprint density at radius 3 is 2.43 bits per heavy atom. The number of amides is 1. The van der Waals surface area contributed by atoms with E-state index in [1.807, 2.05) is 6.92 Å². The lowest BCUT2D eigenvalue weighted by molar-refractivity contribution is -0.344. The van der Waals surface area contributed by atoms with E-state index in [0.29, 0.717) is 70.8 Å². The molecule has 1 aromatic rings. The fourth-order valence-corrected chi connectivity index (χ4v) is 18.0. The minimum absolute atomic E-state index is 0.0175. The highest BCUT2D eigenvalue weighted by Gasteiger charge is 2.77. The number of ether oxygens (including phenoxy) is 2. The molecule has 12 N–H and O–H groups in total. The van der Waals surface area contributed by atoms with E-state index < -0.39 is 118 Å². The van der Waals surface area contributed by atoms with E-state index in [2.05, 4.69) is 60.9 Å². The standard InChI is InChI=1S/C53H80N4O12/c1-6-28-20-52(47(66)67)18-17-48(2,25-59)21-33(52)32-12-13-37-50(4)16-14-36-49(3,26-60)44(69-46-43(64)41(62)35(61)24-68-46)42(63)39(51(36,37)5)30(10-7-8-15-53(28,32)50)38-31(23-58)45(65)57-40(38)29(11-9-19-54)34-22-55-27-56-34/h12,22,27-31,33,35-44,46,58-64H,6,8-9,11,13-21,23-26,54H2,1-5H3,(H,55,56)(H,57,65)(H,66,67)/t28-,29+,30+,31-,33-,35+,36+,37-,38+,39-,40+,41-,42+,43+,44+,46-,48-,49-,50+,51-,52-,53+/m0/s1. The molecular weight excluding hydrogens is 885 g/mol. The van der Waals surface area contributed by atoms with Crippen molar-refractivity contribution in [3.05, 3.63) is 29.9 Å². The Balaban J connectivity index is 1.27. The molecule has 6 aliphatic carbocycles. The van der Waals surface area contributed by atoms with Crippen molar-refractivity contribution in [3.8, 4) is 11.8 Å². The van der Waals surface area contributed by atoms with Crippen molar-refractivity contribution < 1.29 is 59.9 Å². The van der Waals surface area contributed by atoms with Crippen molar-refractivity contribution in [2.45, 2.75) is 160 Å². The van der Waals surface area contributed by atoms with Crippen LogP contribution in [0, 0.1) is 91.7 Å². The third-order valence-electron chi connectivity index (χ3n) is 21.3. The summed E-state index contributed by atoms with van der Waals surface area (Å²) in [5.74, 6) is 2.13. The largest absolute Gasteiger partial charge is 0.481 e. The van der Waals surface area contributed by atoms with Gasteiger partial charge in [-0.25, -0.2) is 4.98 Å². The number of fused-ring (bicyclic) bond motifs is 2. The lowest BCUT2D eigenvalue weighted by Gasteiger charge is -2.75.